The Bertz CT molecular complexity index is 600. The van der Waals surface area contributed by atoms with Gasteiger partial charge in [-0.1, -0.05) is 11.6 Å². The number of ether oxygens (including phenoxy) is 1. The van der Waals surface area contributed by atoms with Gasteiger partial charge in [0.15, 0.2) is 0 Å². The molecule has 2 rings (SSSR count). The van der Waals surface area contributed by atoms with E-state index in [-0.39, 0.29) is 11.5 Å². The van der Waals surface area contributed by atoms with Crippen molar-refractivity contribution in [1.29, 1.82) is 0 Å². The molecule has 0 aromatic heterocycles. The molecule has 1 aliphatic heterocycles. The minimum atomic E-state index is -3.64. The highest BCUT2D eigenvalue weighted by molar-refractivity contribution is 7.89. The Labute approximate surface area is 124 Å². The summed E-state index contributed by atoms with van der Waals surface area (Å²) in [5, 5.41) is 9.56. The van der Waals surface area contributed by atoms with Crippen molar-refractivity contribution in [1.82, 2.24) is 4.31 Å². The third kappa shape index (κ3) is 2.84. The molecule has 0 aliphatic carbocycles. The molecule has 0 spiro atoms. The molecule has 1 saturated heterocycles. The molecule has 0 bridgehead atoms. The van der Waals surface area contributed by atoms with E-state index in [1.807, 2.05) is 13.8 Å². The van der Waals surface area contributed by atoms with Crippen molar-refractivity contribution in [2.45, 2.75) is 30.9 Å². The average molecular weight is 320 g/mol. The lowest BCUT2D eigenvalue weighted by Crippen LogP contribution is -2.55. The fourth-order valence-electron chi connectivity index (χ4n) is 2.25. The molecule has 0 saturated carbocycles. The van der Waals surface area contributed by atoms with Gasteiger partial charge >= 0.3 is 0 Å². The van der Waals surface area contributed by atoms with Gasteiger partial charge in [-0.25, -0.2) is 8.42 Å². The molecule has 7 heteroatoms. The number of sulfonamides is 1. The average Bonchev–Trinajstić information content (AvgIpc) is 2.38. The van der Waals surface area contributed by atoms with Gasteiger partial charge in [-0.15, -0.1) is 0 Å². The normalized spacial score (nSPS) is 20.0. The Hall–Kier alpha value is -0.660. The van der Waals surface area contributed by atoms with E-state index in [4.69, 9.17) is 16.3 Å². The van der Waals surface area contributed by atoms with Crippen LogP contribution in [0.25, 0.3) is 0 Å². The second-order valence-corrected chi connectivity index (χ2v) is 7.62. The molecule has 1 aliphatic rings. The van der Waals surface area contributed by atoms with E-state index in [0.29, 0.717) is 30.3 Å². The van der Waals surface area contributed by atoms with Crippen LogP contribution >= 0.6 is 11.6 Å². The van der Waals surface area contributed by atoms with E-state index in [9.17, 15) is 13.5 Å². The third-order valence-corrected chi connectivity index (χ3v) is 5.82. The number of rotatable bonds is 3. The molecule has 0 atom stereocenters. The summed E-state index contributed by atoms with van der Waals surface area (Å²) < 4.78 is 32.2. The first-order chi connectivity index (χ1) is 9.29. The van der Waals surface area contributed by atoms with E-state index in [0.717, 1.165) is 0 Å². The molecule has 1 aromatic carbocycles. The number of hydrogen-bond acceptors (Lipinski definition) is 4. The van der Waals surface area contributed by atoms with Gasteiger partial charge in [0, 0.05) is 11.6 Å². The zero-order valence-electron chi connectivity index (χ0n) is 11.5. The number of aliphatic hydroxyl groups excluding tert-OH is 1. The highest BCUT2D eigenvalue weighted by atomic mass is 35.5. The van der Waals surface area contributed by atoms with Gasteiger partial charge in [-0.2, -0.15) is 4.31 Å². The maximum Gasteiger partial charge on any atom is 0.243 e. The number of aliphatic hydroxyl groups is 1. The summed E-state index contributed by atoms with van der Waals surface area (Å²) in [6.45, 7) is 4.40. The summed E-state index contributed by atoms with van der Waals surface area (Å²) in [7, 11) is -3.64. The fraction of sp³-hybridized carbons (Fsp3) is 0.538. The molecule has 1 fully saturated rings. The Morgan fingerprint density at radius 3 is 2.75 bits per heavy atom. The maximum atomic E-state index is 12.7. The molecule has 1 heterocycles. The highest BCUT2D eigenvalue weighted by Crippen LogP contribution is 2.29. The molecular weight excluding hydrogens is 302 g/mol. The van der Waals surface area contributed by atoms with Crippen LogP contribution in [0.3, 0.4) is 0 Å². The van der Waals surface area contributed by atoms with Gasteiger partial charge < -0.3 is 9.84 Å². The minimum Gasteiger partial charge on any atom is -0.392 e. The Morgan fingerprint density at radius 1 is 1.45 bits per heavy atom. The summed E-state index contributed by atoms with van der Waals surface area (Å²) in [6, 6.07) is 4.37. The van der Waals surface area contributed by atoms with E-state index in [1.165, 1.54) is 22.5 Å². The molecule has 0 radical (unpaired) electrons. The number of hydrogen-bond donors (Lipinski definition) is 1. The predicted octanol–water partition coefficient (Wildman–Crippen LogP) is 1.63. The summed E-state index contributed by atoms with van der Waals surface area (Å²) in [5.74, 6) is 0. The van der Waals surface area contributed by atoms with Crippen LogP contribution in [0.4, 0.5) is 0 Å². The monoisotopic (exact) mass is 319 g/mol. The van der Waals surface area contributed by atoms with E-state index in [2.05, 4.69) is 0 Å². The van der Waals surface area contributed by atoms with Gasteiger partial charge in [0.25, 0.3) is 0 Å². The maximum absolute atomic E-state index is 12.7. The van der Waals surface area contributed by atoms with Crippen LogP contribution in [0, 0.1) is 0 Å². The van der Waals surface area contributed by atoms with E-state index < -0.39 is 15.6 Å². The minimum absolute atomic E-state index is 0.140. The van der Waals surface area contributed by atoms with Crippen molar-refractivity contribution in [3.8, 4) is 0 Å². The van der Waals surface area contributed by atoms with Crippen LogP contribution in [0.2, 0.25) is 5.02 Å². The first-order valence-electron chi connectivity index (χ1n) is 6.29. The zero-order valence-corrected chi connectivity index (χ0v) is 13.0. The van der Waals surface area contributed by atoms with Crippen LogP contribution in [0.1, 0.15) is 19.4 Å². The summed E-state index contributed by atoms with van der Waals surface area (Å²) in [6.07, 6.45) is 0. The fourth-order valence-corrected chi connectivity index (χ4v) is 4.23. The van der Waals surface area contributed by atoms with Gasteiger partial charge in [0.2, 0.25) is 10.0 Å². The van der Waals surface area contributed by atoms with Crippen LogP contribution in [-0.2, 0) is 21.4 Å². The number of benzene rings is 1. The van der Waals surface area contributed by atoms with Crippen molar-refractivity contribution in [2.75, 3.05) is 19.8 Å². The van der Waals surface area contributed by atoms with Gasteiger partial charge in [-0.3, -0.25) is 0 Å². The van der Waals surface area contributed by atoms with Gasteiger partial charge in [-0.05, 0) is 37.6 Å². The lowest BCUT2D eigenvalue weighted by atomic mass is 10.1. The Morgan fingerprint density at radius 2 is 2.15 bits per heavy atom. The second-order valence-electron chi connectivity index (χ2n) is 5.35. The lowest BCUT2D eigenvalue weighted by molar-refractivity contribution is -0.00771. The van der Waals surface area contributed by atoms with Crippen LogP contribution in [0.15, 0.2) is 23.1 Å². The van der Waals surface area contributed by atoms with Crippen LogP contribution < -0.4 is 0 Å². The number of halogens is 1. The Kier molecular flexibility index (Phi) is 4.41. The van der Waals surface area contributed by atoms with Crippen molar-refractivity contribution in [2.24, 2.45) is 0 Å². The van der Waals surface area contributed by atoms with Crippen molar-refractivity contribution >= 4 is 21.6 Å². The SMILES string of the molecule is CC1(C)COCCN1S(=O)(=O)c1ccc(Cl)c(CO)c1. The first kappa shape index (κ1) is 15.7. The second kappa shape index (κ2) is 5.61. The quantitative estimate of drug-likeness (QED) is 0.919. The van der Waals surface area contributed by atoms with Gasteiger partial charge in [0.1, 0.15) is 0 Å². The largest absolute Gasteiger partial charge is 0.392 e. The predicted molar refractivity (Wildman–Crippen MR) is 76.2 cm³/mol. The molecule has 20 heavy (non-hydrogen) atoms. The highest BCUT2D eigenvalue weighted by Gasteiger charge is 2.39. The molecular formula is C13H18ClNO4S. The van der Waals surface area contributed by atoms with Crippen LogP contribution in [-0.4, -0.2) is 43.1 Å². The van der Waals surface area contributed by atoms with Crippen molar-refractivity contribution in [3.63, 3.8) is 0 Å². The number of nitrogens with zero attached hydrogens (tertiary/aromatic N) is 1. The molecule has 1 N–H and O–H groups in total. The van der Waals surface area contributed by atoms with E-state index in [1.54, 1.807) is 0 Å². The summed E-state index contributed by atoms with van der Waals surface area (Å²) in [4.78, 5) is 0.140. The van der Waals surface area contributed by atoms with Crippen molar-refractivity contribution in [3.05, 3.63) is 28.8 Å². The molecule has 5 nitrogen and oxygen atoms in total. The lowest BCUT2D eigenvalue weighted by Gasteiger charge is -2.40. The Balaban J connectivity index is 2.44. The van der Waals surface area contributed by atoms with Crippen molar-refractivity contribution < 1.29 is 18.3 Å². The summed E-state index contributed by atoms with van der Waals surface area (Å²) in [5.41, 5.74) is -0.199. The smallest absolute Gasteiger partial charge is 0.243 e. The third-order valence-electron chi connectivity index (χ3n) is 3.34. The zero-order chi connectivity index (χ0) is 15.0. The standard InChI is InChI=1S/C13H18ClNO4S/c1-13(2)9-19-6-5-15(13)20(17,18)11-3-4-12(14)10(7-11)8-16/h3-4,7,16H,5-6,8-9H2,1-2H3. The first-order valence-corrected chi connectivity index (χ1v) is 8.11. The molecule has 1 aromatic rings. The molecule has 0 amide bonds. The molecule has 112 valence electrons. The van der Waals surface area contributed by atoms with Gasteiger partial charge in [0.05, 0.1) is 30.3 Å². The van der Waals surface area contributed by atoms with Crippen LogP contribution in [0.5, 0.6) is 0 Å². The topological polar surface area (TPSA) is 66.8 Å². The number of morpholine rings is 1. The summed E-state index contributed by atoms with van der Waals surface area (Å²) >= 11 is 5.90. The molecule has 0 unspecified atom stereocenters. The van der Waals surface area contributed by atoms with E-state index >= 15 is 0 Å².